The van der Waals surface area contributed by atoms with Gasteiger partial charge in [-0.25, -0.2) is 4.79 Å². The Morgan fingerprint density at radius 2 is 1.54 bits per heavy atom. The Kier molecular flexibility index (Phi) is 7.16. The molecule has 0 spiro atoms. The third kappa shape index (κ3) is 5.79. The van der Waals surface area contributed by atoms with Gasteiger partial charge in [0.1, 0.15) is 0 Å². The average Bonchev–Trinajstić information content (AvgIpc) is 3.30. The first-order valence-electron chi connectivity index (χ1n) is 11.7. The van der Waals surface area contributed by atoms with Crippen molar-refractivity contribution in [2.24, 2.45) is 11.8 Å². The van der Waals surface area contributed by atoms with Gasteiger partial charge in [-0.15, -0.1) is 0 Å². The number of para-hydroxylation sites is 1. The Morgan fingerprint density at radius 3 is 2.09 bits per heavy atom. The molecule has 0 bridgehead atoms. The summed E-state index contributed by atoms with van der Waals surface area (Å²) < 4.78 is 80.3. The molecule has 3 aliphatic heterocycles. The van der Waals surface area contributed by atoms with E-state index in [0.717, 1.165) is 31.1 Å². The minimum atomic E-state index is -5.71. The average molecular weight is 509 g/mol. The lowest BCUT2D eigenvalue weighted by Gasteiger charge is -2.36. The van der Waals surface area contributed by atoms with Crippen molar-refractivity contribution in [1.29, 1.82) is 0 Å². The molecule has 1 aromatic rings. The van der Waals surface area contributed by atoms with Crippen molar-refractivity contribution < 1.29 is 35.9 Å². The van der Waals surface area contributed by atoms with Crippen LogP contribution in [-0.2, 0) is 11.3 Å². The van der Waals surface area contributed by atoms with E-state index in [1.807, 2.05) is 6.07 Å². The van der Waals surface area contributed by atoms with Crippen LogP contribution in [0.4, 0.5) is 36.8 Å². The van der Waals surface area contributed by atoms with Crippen molar-refractivity contribution in [3.63, 3.8) is 0 Å². The SMILES string of the molecule is Cc1cccc(CN2CC3CN(C(=O)OC(C(F)(F)F)C(F)(F)F)CC3C2)c1N1CCN(C)CC1. The van der Waals surface area contributed by atoms with E-state index >= 15 is 0 Å². The topological polar surface area (TPSA) is 39.3 Å². The summed E-state index contributed by atoms with van der Waals surface area (Å²) in [7, 11) is 2.10. The largest absolute Gasteiger partial charge is 0.434 e. The molecule has 12 heteroatoms. The Labute approximate surface area is 200 Å². The molecule has 2 unspecified atom stereocenters. The van der Waals surface area contributed by atoms with Crippen molar-refractivity contribution >= 4 is 11.8 Å². The molecule has 3 heterocycles. The first-order chi connectivity index (χ1) is 16.3. The number of benzene rings is 1. The zero-order chi connectivity index (χ0) is 25.5. The van der Waals surface area contributed by atoms with Crippen LogP contribution in [-0.4, -0.2) is 98.7 Å². The van der Waals surface area contributed by atoms with Gasteiger partial charge in [-0.3, -0.25) is 4.90 Å². The molecule has 35 heavy (non-hydrogen) atoms. The normalized spacial score (nSPS) is 24.4. The third-order valence-corrected chi connectivity index (χ3v) is 7.17. The van der Waals surface area contributed by atoms with E-state index in [1.54, 1.807) is 0 Å². The van der Waals surface area contributed by atoms with Crippen molar-refractivity contribution in [1.82, 2.24) is 14.7 Å². The van der Waals surface area contributed by atoms with E-state index in [-0.39, 0.29) is 24.9 Å². The number of nitrogens with zero attached hydrogens (tertiary/aromatic N) is 4. The second kappa shape index (κ2) is 9.68. The van der Waals surface area contributed by atoms with Crippen molar-refractivity contribution in [2.75, 3.05) is 64.3 Å². The van der Waals surface area contributed by atoms with Crippen molar-refractivity contribution in [3.8, 4) is 0 Å². The number of hydrogen-bond donors (Lipinski definition) is 0. The van der Waals surface area contributed by atoms with E-state index in [9.17, 15) is 31.1 Å². The van der Waals surface area contributed by atoms with Crippen LogP contribution in [0, 0.1) is 18.8 Å². The van der Waals surface area contributed by atoms with Crippen LogP contribution >= 0.6 is 0 Å². The number of likely N-dealkylation sites (tertiary alicyclic amines) is 2. The van der Waals surface area contributed by atoms with Gasteiger partial charge in [-0.05, 0) is 36.9 Å². The molecule has 2 atom stereocenters. The van der Waals surface area contributed by atoms with E-state index in [0.29, 0.717) is 19.6 Å². The molecule has 0 saturated carbocycles. The number of alkyl halides is 6. The van der Waals surface area contributed by atoms with Crippen molar-refractivity contribution in [2.45, 2.75) is 31.9 Å². The number of piperazine rings is 1. The van der Waals surface area contributed by atoms with Gasteiger partial charge in [0.05, 0.1) is 0 Å². The number of likely N-dealkylation sites (N-methyl/N-ethyl adjacent to an activating group) is 1. The minimum absolute atomic E-state index is 0.0188. The zero-order valence-corrected chi connectivity index (χ0v) is 19.7. The molecular formula is C23H30F6N4O2. The zero-order valence-electron chi connectivity index (χ0n) is 19.7. The second-order valence-corrected chi connectivity index (χ2v) is 9.84. The van der Waals surface area contributed by atoms with E-state index in [4.69, 9.17) is 0 Å². The Morgan fingerprint density at radius 1 is 0.971 bits per heavy atom. The van der Waals surface area contributed by atoms with Gasteiger partial charge >= 0.3 is 18.4 Å². The lowest BCUT2D eigenvalue weighted by atomic mass is 10.0. The quantitative estimate of drug-likeness (QED) is 0.580. The molecule has 0 aromatic heterocycles. The van der Waals surface area contributed by atoms with Crippen LogP contribution in [0.1, 0.15) is 11.1 Å². The summed E-state index contributed by atoms with van der Waals surface area (Å²) >= 11 is 0. The fraction of sp³-hybridized carbons (Fsp3) is 0.696. The predicted octanol–water partition coefficient (Wildman–Crippen LogP) is 3.74. The summed E-state index contributed by atoms with van der Waals surface area (Å²) in [6.07, 6.45) is -17.1. The maximum atomic E-state index is 12.7. The highest BCUT2D eigenvalue weighted by Crippen LogP contribution is 2.38. The highest BCUT2D eigenvalue weighted by Gasteiger charge is 2.60. The standard InChI is InChI=1S/C23H30F6N4O2/c1-15-4-3-5-16(19(15)32-8-6-30(2)7-9-32)10-31-11-17-13-33(14-18(17)12-31)21(34)35-20(22(24,25)26)23(27,28)29/h3-5,17-18,20H,6-14H2,1-2H3. The smallest absolute Gasteiger partial charge is 0.426 e. The van der Waals surface area contributed by atoms with Crippen LogP contribution in [0.3, 0.4) is 0 Å². The van der Waals surface area contributed by atoms with Crippen LogP contribution in [0.15, 0.2) is 18.2 Å². The number of aryl methyl sites for hydroxylation is 1. The Hall–Kier alpha value is -2.21. The molecule has 4 rings (SSSR count). The fourth-order valence-corrected chi connectivity index (χ4v) is 5.43. The molecule has 3 aliphatic rings. The third-order valence-electron chi connectivity index (χ3n) is 7.17. The van der Waals surface area contributed by atoms with Gasteiger partial charge in [0.15, 0.2) is 0 Å². The van der Waals surface area contributed by atoms with E-state index in [1.165, 1.54) is 16.8 Å². The van der Waals surface area contributed by atoms with Gasteiger partial charge in [-0.1, -0.05) is 18.2 Å². The summed E-state index contributed by atoms with van der Waals surface area (Å²) in [5, 5.41) is 0. The number of fused-ring (bicyclic) bond motifs is 1. The lowest BCUT2D eigenvalue weighted by molar-refractivity contribution is -0.308. The molecule has 6 nitrogen and oxygen atoms in total. The number of amides is 1. The Balaban J connectivity index is 1.36. The monoisotopic (exact) mass is 508 g/mol. The molecule has 196 valence electrons. The number of carbonyl (C=O) groups excluding carboxylic acids is 1. The predicted molar refractivity (Wildman–Crippen MR) is 117 cm³/mol. The number of halogens is 6. The summed E-state index contributed by atoms with van der Waals surface area (Å²) in [5.41, 5.74) is 3.63. The van der Waals surface area contributed by atoms with Crippen LogP contribution < -0.4 is 4.90 Å². The summed E-state index contributed by atoms with van der Waals surface area (Å²) in [6, 6.07) is 6.22. The van der Waals surface area contributed by atoms with Gasteiger partial charge in [0.25, 0.3) is 6.10 Å². The number of anilines is 1. The van der Waals surface area contributed by atoms with Crippen molar-refractivity contribution in [3.05, 3.63) is 29.3 Å². The lowest BCUT2D eigenvalue weighted by Crippen LogP contribution is -2.48. The van der Waals surface area contributed by atoms with E-state index in [2.05, 4.69) is 45.5 Å². The first kappa shape index (κ1) is 25.9. The minimum Gasteiger partial charge on any atom is -0.426 e. The second-order valence-electron chi connectivity index (χ2n) is 9.84. The van der Waals surface area contributed by atoms with Gasteiger partial charge < -0.3 is 19.4 Å². The molecular weight excluding hydrogens is 478 g/mol. The maximum absolute atomic E-state index is 12.7. The number of rotatable bonds is 4. The summed E-state index contributed by atoms with van der Waals surface area (Å²) in [5.74, 6) is -0.0377. The number of carbonyl (C=O) groups is 1. The van der Waals surface area contributed by atoms with Crippen LogP contribution in [0.25, 0.3) is 0 Å². The summed E-state index contributed by atoms with van der Waals surface area (Å²) in [6.45, 7) is 8.04. The summed E-state index contributed by atoms with van der Waals surface area (Å²) in [4.78, 5) is 20.0. The maximum Gasteiger partial charge on any atom is 0.434 e. The fourth-order valence-electron chi connectivity index (χ4n) is 5.43. The van der Waals surface area contributed by atoms with E-state index < -0.39 is 24.5 Å². The van der Waals surface area contributed by atoms with Gasteiger partial charge in [0, 0.05) is 64.6 Å². The number of ether oxygens (including phenoxy) is 1. The molecule has 0 aliphatic carbocycles. The molecule has 1 aromatic carbocycles. The number of hydrogen-bond acceptors (Lipinski definition) is 5. The van der Waals surface area contributed by atoms with Gasteiger partial charge in [-0.2, -0.15) is 26.3 Å². The molecule has 3 fully saturated rings. The molecule has 3 saturated heterocycles. The first-order valence-corrected chi connectivity index (χ1v) is 11.7. The van der Waals surface area contributed by atoms with Crippen LogP contribution in [0.5, 0.6) is 0 Å². The molecule has 0 N–H and O–H groups in total. The van der Waals surface area contributed by atoms with Gasteiger partial charge in [0.2, 0.25) is 0 Å². The highest BCUT2D eigenvalue weighted by atomic mass is 19.4. The highest BCUT2D eigenvalue weighted by molar-refractivity contribution is 5.68. The molecule has 1 amide bonds. The molecule has 0 radical (unpaired) electrons. The Bertz CT molecular complexity index is 888. The van der Waals surface area contributed by atoms with Crippen LogP contribution in [0.2, 0.25) is 0 Å².